The van der Waals surface area contributed by atoms with Gasteiger partial charge >= 0.3 is 0 Å². The molecule has 0 bridgehead atoms. The summed E-state index contributed by atoms with van der Waals surface area (Å²) in [5.74, 6) is -4.23. The van der Waals surface area contributed by atoms with Crippen molar-refractivity contribution >= 4 is 40.5 Å². The molecule has 2 atom stereocenters. The number of carbonyl (C=O) groups excluding carboxylic acids is 2. The number of aromatic nitrogens is 3. The van der Waals surface area contributed by atoms with Crippen LogP contribution in [-0.2, 0) is 9.59 Å². The molecule has 0 saturated heterocycles. The smallest absolute Gasteiger partial charge is 0.261 e. The van der Waals surface area contributed by atoms with Crippen LogP contribution in [0.2, 0.25) is 0 Å². The summed E-state index contributed by atoms with van der Waals surface area (Å²) in [6.45, 7) is 0. The lowest BCUT2D eigenvalue weighted by atomic mass is 9.80. The van der Waals surface area contributed by atoms with Gasteiger partial charge in [-0.1, -0.05) is 23.5 Å². The highest BCUT2D eigenvalue weighted by Crippen LogP contribution is 2.36. The average molecular weight is 405 g/mol. The van der Waals surface area contributed by atoms with Crippen LogP contribution in [0.15, 0.2) is 39.5 Å². The van der Waals surface area contributed by atoms with Gasteiger partial charge in [0.1, 0.15) is 5.92 Å². The molecule has 2 amide bonds. The van der Waals surface area contributed by atoms with Crippen LogP contribution in [-0.4, -0.2) is 49.6 Å². The molecule has 3 rings (SSSR count). The van der Waals surface area contributed by atoms with E-state index in [4.69, 9.17) is 0 Å². The maximum atomic E-state index is 12.6. The minimum absolute atomic E-state index is 0.171. The van der Waals surface area contributed by atoms with Gasteiger partial charge in [0.15, 0.2) is 10.3 Å². The van der Waals surface area contributed by atoms with Crippen molar-refractivity contribution in [1.82, 2.24) is 20.3 Å². The Morgan fingerprint density at radius 3 is 2.41 bits per heavy atom. The first kappa shape index (κ1) is 19.1. The molecule has 9 nitrogen and oxygen atoms in total. The highest BCUT2D eigenvalue weighted by atomic mass is 32.2. The number of hydrogen-bond donors (Lipinski definition) is 3. The number of amides is 2. The Bertz CT molecular complexity index is 977. The second kappa shape index (κ2) is 7.92. The fourth-order valence-corrected chi connectivity index (χ4v) is 3.56. The third-order valence-corrected chi connectivity index (χ3v) is 5.16. The van der Waals surface area contributed by atoms with Crippen LogP contribution >= 0.6 is 23.5 Å². The zero-order valence-electron chi connectivity index (χ0n) is 14.3. The van der Waals surface area contributed by atoms with Crippen molar-refractivity contribution in [2.24, 2.45) is 10.9 Å². The van der Waals surface area contributed by atoms with E-state index >= 15 is 0 Å². The normalized spacial score (nSPS) is 18.0. The summed E-state index contributed by atoms with van der Waals surface area (Å²) in [7, 11) is 0. The van der Waals surface area contributed by atoms with E-state index in [1.165, 1.54) is 12.4 Å². The van der Waals surface area contributed by atoms with Gasteiger partial charge in [0.25, 0.3) is 11.5 Å². The lowest BCUT2D eigenvalue weighted by Gasteiger charge is -2.27. The minimum atomic E-state index is -1.32. The van der Waals surface area contributed by atoms with Crippen LogP contribution < -0.4 is 10.9 Å². The molecule has 0 saturated carbocycles. The van der Waals surface area contributed by atoms with Gasteiger partial charge in [0.2, 0.25) is 11.8 Å². The van der Waals surface area contributed by atoms with E-state index < -0.39 is 35.1 Å². The number of hydrogen-bond acceptors (Lipinski definition) is 8. The van der Waals surface area contributed by atoms with Gasteiger partial charge in [0, 0.05) is 18.3 Å². The van der Waals surface area contributed by atoms with Gasteiger partial charge in [-0.05, 0) is 30.2 Å². The van der Waals surface area contributed by atoms with Crippen molar-refractivity contribution in [2.45, 2.75) is 11.1 Å². The summed E-state index contributed by atoms with van der Waals surface area (Å²) in [5, 5.41) is 13.3. The molecule has 0 aromatic carbocycles. The van der Waals surface area contributed by atoms with Crippen LogP contribution in [0.25, 0.3) is 0 Å². The fraction of sp³-hybridized carbons (Fsp3) is 0.250. The molecule has 0 unspecified atom stereocenters. The molecule has 3 heterocycles. The highest BCUT2D eigenvalue weighted by Gasteiger charge is 2.42. The molecular weight excluding hydrogens is 390 g/mol. The number of H-pyrrole nitrogens is 1. The number of pyridine rings is 1. The van der Waals surface area contributed by atoms with E-state index in [0.29, 0.717) is 5.56 Å². The van der Waals surface area contributed by atoms with Crippen molar-refractivity contribution < 1.29 is 14.7 Å². The number of rotatable bonds is 4. The Morgan fingerprint density at radius 1 is 1.15 bits per heavy atom. The Hall–Kier alpha value is -2.66. The van der Waals surface area contributed by atoms with Gasteiger partial charge in [0.05, 0.1) is 5.56 Å². The average Bonchev–Trinajstić information content (AvgIpc) is 2.66. The van der Waals surface area contributed by atoms with Crippen molar-refractivity contribution in [3.05, 3.63) is 46.0 Å². The van der Waals surface area contributed by atoms with Gasteiger partial charge in [-0.25, -0.2) is 0 Å². The molecule has 1 aliphatic heterocycles. The van der Waals surface area contributed by atoms with Gasteiger partial charge in [-0.2, -0.15) is 9.98 Å². The van der Waals surface area contributed by atoms with Gasteiger partial charge < -0.3 is 15.4 Å². The molecule has 0 spiro atoms. The minimum Gasteiger partial charge on any atom is -0.493 e. The number of aliphatic imine (C=N–C) groups is 1. The molecule has 1 aliphatic rings. The summed E-state index contributed by atoms with van der Waals surface area (Å²) in [4.78, 5) is 52.2. The van der Waals surface area contributed by atoms with Crippen molar-refractivity contribution in [1.29, 1.82) is 0 Å². The molecule has 140 valence electrons. The summed E-state index contributed by atoms with van der Waals surface area (Å²) in [6.07, 6.45) is 6.31. The molecule has 27 heavy (non-hydrogen) atoms. The van der Waals surface area contributed by atoms with Crippen LogP contribution in [0.1, 0.15) is 17.0 Å². The van der Waals surface area contributed by atoms with E-state index in [-0.39, 0.29) is 15.9 Å². The van der Waals surface area contributed by atoms with Crippen molar-refractivity contribution in [2.75, 3.05) is 12.5 Å². The lowest BCUT2D eigenvalue weighted by molar-refractivity contribution is -0.133. The van der Waals surface area contributed by atoms with Crippen molar-refractivity contribution in [3.8, 4) is 5.88 Å². The molecule has 2 aromatic heterocycles. The molecule has 0 fully saturated rings. The van der Waals surface area contributed by atoms with E-state index in [2.05, 4.69) is 25.3 Å². The highest BCUT2D eigenvalue weighted by molar-refractivity contribution is 8.13. The number of aromatic hydroxyl groups is 1. The second-order valence-corrected chi connectivity index (χ2v) is 7.09. The standard InChI is InChI=1S/C16H15N5O4S2/c1-26-15-18-11(22)9(12(23)19-15)8(7-3-5-17-6-4-7)10-13(24)20-16(27-2)21-14(10)25/h3-6,8-9H,1-2H3,(H,18,19,22,23)(H2,20,21,24,25)/t8-/m1/s1. The number of amidine groups is 1. The Morgan fingerprint density at radius 2 is 1.85 bits per heavy atom. The molecular formula is C16H15N5O4S2. The monoisotopic (exact) mass is 405 g/mol. The first-order valence-corrected chi connectivity index (χ1v) is 10.2. The third kappa shape index (κ3) is 3.74. The molecule has 3 N–H and O–H groups in total. The number of carbonyl (C=O) groups is 2. The largest absolute Gasteiger partial charge is 0.493 e. The summed E-state index contributed by atoms with van der Waals surface area (Å²) in [5.41, 5.74) is -0.343. The van der Waals surface area contributed by atoms with Crippen molar-refractivity contribution in [3.63, 3.8) is 0 Å². The fourth-order valence-electron chi connectivity index (χ4n) is 2.81. The zero-order chi connectivity index (χ0) is 19.6. The van der Waals surface area contributed by atoms with Crippen LogP contribution in [0.4, 0.5) is 0 Å². The predicted octanol–water partition coefficient (Wildman–Crippen LogP) is 0.716. The zero-order valence-corrected chi connectivity index (χ0v) is 15.9. The molecule has 11 heteroatoms. The van der Waals surface area contributed by atoms with E-state index in [0.717, 1.165) is 23.5 Å². The first-order chi connectivity index (χ1) is 13.0. The Labute approximate surface area is 162 Å². The maximum Gasteiger partial charge on any atom is 0.261 e. The molecule has 2 aromatic rings. The van der Waals surface area contributed by atoms with Gasteiger partial charge in [-0.3, -0.25) is 19.4 Å². The lowest BCUT2D eigenvalue weighted by Crippen LogP contribution is -2.46. The Kier molecular flexibility index (Phi) is 5.61. The number of thioether (sulfide) groups is 2. The second-order valence-electron chi connectivity index (χ2n) is 5.50. The topological polar surface area (TPSA) is 137 Å². The summed E-state index contributed by atoms with van der Waals surface area (Å²) < 4.78 is 0. The van der Waals surface area contributed by atoms with Gasteiger partial charge in [-0.15, -0.1) is 0 Å². The van der Waals surface area contributed by atoms with E-state index in [9.17, 15) is 19.5 Å². The van der Waals surface area contributed by atoms with E-state index in [1.807, 2.05) is 0 Å². The molecule has 0 aliphatic carbocycles. The maximum absolute atomic E-state index is 12.6. The molecule has 0 radical (unpaired) electrons. The number of aromatic amines is 1. The quantitative estimate of drug-likeness (QED) is 0.384. The SMILES string of the molecule is CSC1=NC(=O)[C@H]([C@@H](c2ccncc2)c2c(O)nc(SC)[nH]c2=O)C(=O)N1. The summed E-state index contributed by atoms with van der Waals surface area (Å²) in [6, 6.07) is 3.14. The van der Waals surface area contributed by atoms with Crippen LogP contribution in [0.3, 0.4) is 0 Å². The van der Waals surface area contributed by atoms with Crippen LogP contribution in [0.5, 0.6) is 5.88 Å². The third-order valence-electron chi connectivity index (χ3n) is 4.00. The summed E-state index contributed by atoms with van der Waals surface area (Å²) >= 11 is 2.27. The van der Waals surface area contributed by atoms with Crippen LogP contribution in [0, 0.1) is 5.92 Å². The van der Waals surface area contributed by atoms with E-state index in [1.54, 1.807) is 24.6 Å². The predicted molar refractivity (Wildman–Crippen MR) is 102 cm³/mol. The number of nitrogens with zero attached hydrogens (tertiary/aromatic N) is 3. The first-order valence-electron chi connectivity index (χ1n) is 7.70. The Balaban J connectivity index is 2.21. The number of nitrogens with one attached hydrogen (secondary N) is 2.